The summed E-state index contributed by atoms with van der Waals surface area (Å²) in [6.07, 6.45) is 7.63. The molecule has 0 aliphatic heterocycles. The average molecular weight is 765 g/mol. The van der Waals surface area contributed by atoms with E-state index in [2.05, 4.69) is 24.3 Å². The van der Waals surface area contributed by atoms with Gasteiger partial charge in [-0.1, -0.05) is 146 Å². The van der Waals surface area contributed by atoms with E-state index in [0.717, 1.165) is 43.0 Å². The largest absolute Gasteiger partial charge is 0.473 e. The van der Waals surface area contributed by atoms with Crippen molar-refractivity contribution in [2.45, 2.75) is 26.4 Å². The Morgan fingerprint density at radius 3 is 0.702 bits per heavy atom. The van der Waals surface area contributed by atoms with Crippen LogP contribution in [0.2, 0.25) is 0 Å². The third-order valence-corrected chi connectivity index (χ3v) is 14.2. The molecule has 0 aliphatic rings. The monoisotopic (exact) mass is 764 g/mol. The van der Waals surface area contributed by atoms with E-state index in [4.69, 9.17) is 38.9 Å². The van der Waals surface area contributed by atoms with Gasteiger partial charge in [0.15, 0.2) is 8.07 Å². The van der Waals surface area contributed by atoms with Gasteiger partial charge in [0.25, 0.3) is 0 Å². The van der Waals surface area contributed by atoms with Gasteiger partial charge >= 0.3 is 0 Å². The van der Waals surface area contributed by atoms with E-state index in [1.807, 2.05) is 170 Å². The van der Waals surface area contributed by atoms with Crippen molar-refractivity contribution >= 4 is 28.8 Å². The van der Waals surface area contributed by atoms with E-state index < -0.39 is 8.07 Å². The van der Waals surface area contributed by atoms with E-state index in [-0.39, 0.29) is 0 Å². The molecule has 8 nitrogen and oxygen atoms in total. The SMILES string of the molecule is c1ccc(COc2ccc([Si](c3ccc(OCc4ccccc4)nc3)(c3ccc(OCc4ccccc4)nc3)c3ccc(OCc4ccccc4)nc3)cn2)cc1. The lowest BCUT2D eigenvalue weighted by Gasteiger charge is -2.33. The normalized spacial score (nSPS) is 11.1. The molecule has 4 heterocycles. The molecule has 0 bridgehead atoms. The fraction of sp³-hybridized carbons (Fsp3) is 0.0833. The van der Waals surface area contributed by atoms with Crippen LogP contribution in [0.3, 0.4) is 0 Å². The Morgan fingerprint density at radius 1 is 0.281 bits per heavy atom. The zero-order valence-corrected chi connectivity index (χ0v) is 32.2. The zero-order valence-electron chi connectivity index (χ0n) is 31.2. The van der Waals surface area contributed by atoms with Crippen molar-refractivity contribution in [1.29, 1.82) is 0 Å². The summed E-state index contributed by atoms with van der Waals surface area (Å²) in [4.78, 5) is 19.4. The first-order valence-corrected chi connectivity index (χ1v) is 20.8. The van der Waals surface area contributed by atoms with E-state index in [0.29, 0.717) is 49.9 Å². The second-order valence-electron chi connectivity index (χ2n) is 13.4. The lowest BCUT2D eigenvalue weighted by molar-refractivity contribution is 0.294. The first kappa shape index (κ1) is 36.9. The highest BCUT2D eigenvalue weighted by Gasteiger charge is 2.43. The molecule has 0 radical (unpaired) electrons. The number of aromatic nitrogens is 4. The molecule has 0 N–H and O–H groups in total. The maximum absolute atomic E-state index is 6.13. The average Bonchev–Trinajstić information content (AvgIpc) is 3.29. The van der Waals surface area contributed by atoms with Crippen LogP contribution in [0, 0.1) is 0 Å². The van der Waals surface area contributed by atoms with Gasteiger partial charge in [0, 0.05) is 49.1 Å². The van der Waals surface area contributed by atoms with Gasteiger partial charge in [-0.3, -0.25) is 0 Å². The standard InChI is InChI=1S/C48H40N4O4Si/c1-5-13-37(14-6-1)33-53-45-25-21-41(29-49-45)57(42-22-26-46(50-30-42)54-34-38-15-7-2-8-16-38,43-23-27-47(51-31-43)55-35-39-17-9-3-10-18-39)44-24-28-48(52-32-44)56-36-40-19-11-4-12-20-40/h1-32H,33-36H2. The Kier molecular flexibility index (Phi) is 11.7. The molecule has 0 aliphatic carbocycles. The van der Waals surface area contributed by atoms with Crippen molar-refractivity contribution in [3.8, 4) is 23.5 Å². The molecule has 0 saturated heterocycles. The van der Waals surface area contributed by atoms with Crippen molar-refractivity contribution in [3.05, 3.63) is 217 Å². The van der Waals surface area contributed by atoms with Crippen LogP contribution in [0.1, 0.15) is 22.3 Å². The molecule has 57 heavy (non-hydrogen) atoms. The molecule has 0 amide bonds. The molecule has 4 aromatic heterocycles. The first-order valence-electron chi connectivity index (χ1n) is 18.8. The van der Waals surface area contributed by atoms with Crippen LogP contribution in [-0.2, 0) is 26.4 Å². The summed E-state index contributed by atoms with van der Waals surface area (Å²) >= 11 is 0. The number of ether oxygens (including phenoxy) is 4. The Morgan fingerprint density at radius 2 is 0.509 bits per heavy atom. The van der Waals surface area contributed by atoms with Gasteiger partial charge in [0.05, 0.1) is 0 Å². The van der Waals surface area contributed by atoms with Gasteiger partial charge in [0.2, 0.25) is 23.5 Å². The molecule has 0 saturated carbocycles. The lowest BCUT2D eigenvalue weighted by Crippen LogP contribution is -2.75. The maximum Gasteiger partial charge on any atom is 0.213 e. The molecule has 9 heteroatoms. The fourth-order valence-electron chi connectivity index (χ4n) is 6.68. The lowest BCUT2D eigenvalue weighted by atomic mass is 10.2. The first-order chi connectivity index (χ1) is 28.2. The fourth-order valence-corrected chi connectivity index (χ4v) is 11.0. The summed E-state index contributed by atoms with van der Waals surface area (Å²) in [5.74, 6) is 2.11. The van der Waals surface area contributed by atoms with Crippen molar-refractivity contribution in [3.63, 3.8) is 0 Å². The Labute approximate surface area is 333 Å². The van der Waals surface area contributed by atoms with Gasteiger partial charge in [0.1, 0.15) is 26.4 Å². The van der Waals surface area contributed by atoms with Crippen molar-refractivity contribution in [1.82, 2.24) is 19.9 Å². The Hall–Kier alpha value is -7.10. The molecule has 0 spiro atoms. The van der Waals surface area contributed by atoms with Gasteiger partial charge < -0.3 is 18.9 Å². The van der Waals surface area contributed by atoms with Crippen molar-refractivity contribution in [2.75, 3.05) is 0 Å². The van der Waals surface area contributed by atoms with E-state index in [1.54, 1.807) is 0 Å². The summed E-state index contributed by atoms with van der Waals surface area (Å²) < 4.78 is 24.5. The molecule has 280 valence electrons. The number of hydrogen-bond acceptors (Lipinski definition) is 8. The highest BCUT2D eigenvalue weighted by atomic mass is 28.3. The maximum atomic E-state index is 6.13. The molecular formula is C48H40N4O4Si. The van der Waals surface area contributed by atoms with Crippen LogP contribution in [0.25, 0.3) is 0 Å². The van der Waals surface area contributed by atoms with Crippen LogP contribution >= 0.6 is 0 Å². The summed E-state index contributed by atoms with van der Waals surface area (Å²) in [7, 11) is -3.21. The molecule has 8 aromatic rings. The van der Waals surface area contributed by atoms with E-state index >= 15 is 0 Å². The Bertz CT molecular complexity index is 2070. The van der Waals surface area contributed by atoms with Crippen LogP contribution in [0.15, 0.2) is 195 Å². The van der Waals surface area contributed by atoms with Gasteiger partial charge in [-0.25, -0.2) is 19.9 Å². The third-order valence-electron chi connectivity index (χ3n) is 9.60. The van der Waals surface area contributed by atoms with Gasteiger partial charge in [-0.15, -0.1) is 0 Å². The van der Waals surface area contributed by atoms with Crippen LogP contribution in [0.4, 0.5) is 0 Å². The van der Waals surface area contributed by atoms with Crippen LogP contribution in [-0.4, -0.2) is 28.0 Å². The number of hydrogen-bond donors (Lipinski definition) is 0. The molecule has 0 fully saturated rings. The molecule has 0 unspecified atom stereocenters. The quantitative estimate of drug-likeness (QED) is 0.0977. The van der Waals surface area contributed by atoms with Gasteiger partial charge in [-0.05, 0) is 43.0 Å². The summed E-state index contributed by atoms with van der Waals surface area (Å²) in [6.45, 7) is 1.64. The highest BCUT2D eigenvalue weighted by molar-refractivity contribution is 7.19. The number of pyridine rings is 4. The summed E-state index contributed by atoms with van der Waals surface area (Å²) in [5.41, 5.74) is 4.26. The Balaban J connectivity index is 1.18. The topological polar surface area (TPSA) is 88.5 Å². The number of nitrogens with zero attached hydrogens (tertiary/aromatic N) is 4. The van der Waals surface area contributed by atoms with Crippen LogP contribution < -0.4 is 39.7 Å². The second-order valence-corrected chi connectivity index (χ2v) is 17.2. The predicted octanol–water partition coefficient (Wildman–Crippen LogP) is 6.96. The summed E-state index contributed by atoms with van der Waals surface area (Å²) in [5, 5.41) is 3.98. The highest BCUT2D eigenvalue weighted by Crippen LogP contribution is 2.17. The number of rotatable bonds is 16. The minimum Gasteiger partial charge on any atom is -0.473 e. The van der Waals surface area contributed by atoms with Crippen LogP contribution in [0.5, 0.6) is 23.5 Å². The number of benzene rings is 4. The zero-order chi connectivity index (χ0) is 38.5. The molecule has 4 aromatic carbocycles. The predicted molar refractivity (Wildman–Crippen MR) is 224 cm³/mol. The van der Waals surface area contributed by atoms with E-state index in [1.165, 1.54) is 0 Å². The molecule has 0 atom stereocenters. The molecular weight excluding hydrogens is 725 g/mol. The second kappa shape index (κ2) is 18.0. The minimum atomic E-state index is -3.21. The van der Waals surface area contributed by atoms with E-state index in [9.17, 15) is 0 Å². The van der Waals surface area contributed by atoms with Crippen molar-refractivity contribution < 1.29 is 18.9 Å². The third kappa shape index (κ3) is 9.07. The van der Waals surface area contributed by atoms with Gasteiger partial charge in [-0.2, -0.15) is 0 Å². The summed E-state index contributed by atoms with van der Waals surface area (Å²) in [6, 6.07) is 56.3. The van der Waals surface area contributed by atoms with Crippen molar-refractivity contribution in [2.24, 2.45) is 0 Å². The molecule has 8 rings (SSSR count). The minimum absolute atomic E-state index is 0.410. The smallest absolute Gasteiger partial charge is 0.213 e.